The van der Waals surface area contributed by atoms with E-state index in [-0.39, 0.29) is 19.1 Å². The summed E-state index contributed by atoms with van der Waals surface area (Å²) in [6.45, 7) is 0.151. The number of halogens is 1. The Hall–Kier alpha value is -1.98. The Morgan fingerprint density at radius 1 is 1.42 bits per heavy atom. The smallest absolute Gasteiger partial charge is 0.250 e. The summed E-state index contributed by atoms with van der Waals surface area (Å²) in [6.07, 6.45) is 1.55. The zero-order valence-corrected chi connectivity index (χ0v) is 10.8. The van der Waals surface area contributed by atoms with Gasteiger partial charge in [-0.05, 0) is 30.3 Å². The maximum absolute atomic E-state index is 11.6. The van der Waals surface area contributed by atoms with Gasteiger partial charge in [0.1, 0.15) is 19.0 Å². The van der Waals surface area contributed by atoms with Crippen LogP contribution < -0.4 is 11.1 Å². The summed E-state index contributed by atoms with van der Waals surface area (Å²) >= 11 is 5.82. The summed E-state index contributed by atoms with van der Waals surface area (Å²) in [6, 6.07) is 8.39. The lowest BCUT2D eigenvalue weighted by Crippen LogP contribution is -2.18. The predicted molar refractivity (Wildman–Crippen MR) is 72.9 cm³/mol. The van der Waals surface area contributed by atoms with Crippen LogP contribution in [0, 0.1) is 0 Å². The van der Waals surface area contributed by atoms with Gasteiger partial charge in [-0.2, -0.15) is 0 Å². The molecule has 0 atom stereocenters. The number of ether oxygens (including phenoxy) is 1. The number of nitrogens with two attached hydrogens (primary N) is 1. The number of carbonyl (C=O) groups excluding carboxylic acids is 1. The van der Waals surface area contributed by atoms with Crippen LogP contribution in [0.5, 0.6) is 0 Å². The lowest BCUT2D eigenvalue weighted by molar-refractivity contribution is -0.121. The number of furan rings is 1. The van der Waals surface area contributed by atoms with Crippen LogP contribution in [0.25, 0.3) is 0 Å². The number of hydrogen-bond donors (Lipinski definition) is 2. The molecular weight excluding hydrogens is 268 g/mol. The summed E-state index contributed by atoms with van der Waals surface area (Å²) in [7, 11) is 0. The first-order valence-electron chi connectivity index (χ1n) is 5.60. The van der Waals surface area contributed by atoms with Crippen molar-refractivity contribution in [1.29, 1.82) is 0 Å². The first-order chi connectivity index (χ1) is 9.15. The second-order valence-corrected chi connectivity index (χ2v) is 4.29. The largest absolute Gasteiger partial charge is 0.467 e. The van der Waals surface area contributed by atoms with E-state index in [1.54, 1.807) is 36.6 Å². The van der Waals surface area contributed by atoms with Crippen molar-refractivity contribution in [2.24, 2.45) is 0 Å². The third-order valence-corrected chi connectivity index (χ3v) is 2.58. The molecule has 1 aromatic heterocycles. The van der Waals surface area contributed by atoms with E-state index in [1.807, 2.05) is 0 Å². The van der Waals surface area contributed by atoms with Gasteiger partial charge >= 0.3 is 0 Å². The molecule has 1 amide bonds. The number of carbonyl (C=O) groups is 1. The molecule has 0 saturated heterocycles. The maximum Gasteiger partial charge on any atom is 0.250 e. The van der Waals surface area contributed by atoms with Crippen molar-refractivity contribution in [3.05, 3.63) is 47.4 Å². The van der Waals surface area contributed by atoms with Gasteiger partial charge in [0, 0.05) is 5.02 Å². The topological polar surface area (TPSA) is 77.5 Å². The van der Waals surface area contributed by atoms with E-state index < -0.39 is 0 Å². The molecule has 19 heavy (non-hydrogen) atoms. The van der Waals surface area contributed by atoms with Gasteiger partial charge in [0.25, 0.3) is 0 Å². The van der Waals surface area contributed by atoms with Crippen molar-refractivity contribution in [2.45, 2.75) is 6.61 Å². The maximum atomic E-state index is 11.6. The Morgan fingerprint density at radius 3 is 3.00 bits per heavy atom. The van der Waals surface area contributed by atoms with Gasteiger partial charge in [-0.1, -0.05) is 11.6 Å². The minimum Gasteiger partial charge on any atom is -0.467 e. The molecule has 0 bridgehead atoms. The molecule has 0 aliphatic heterocycles. The monoisotopic (exact) mass is 280 g/mol. The molecule has 2 aromatic rings. The molecular formula is C13H13ClN2O3. The lowest BCUT2D eigenvalue weighted by Gasteiger charge is -2.08. The van der Waals surface area contributed by atoms with Crippen LogP contribution in [0.3, 0.4) is 0 Å². The van der Waals surface area contributed by atoms with E-state index in [4.69, 9.17) is 26.5 Å². The molecule has 3 N–H and O–H groups in total. The zero-order chi connectivity index (χ0) is 13.7. The number of anilines is 2. The Kier molecular flexibility index (Phi) is 4.43. The fourth-order valence-electron chi connectivity index (χ4n) is 1.46. The van der Waals surface area contributed by atoms with Crippen molar-refractivity contribution in [3.8, 4) is 0 Å². The summed E-state index contributed by atoms with van der Waals surface area (Å²) in [4.78, 5) is 11.6. The molecule has 6 heteroatoms. The van der Waals surface area contributed by atoms with E-state index in [0.717, 1.165) is 0 Å². The number of nitrogen functional groups attached to an aromatic ring is 1. The normalized spacial score (nSPS) is 10.4. The van der Waals surface area contributed by atoms with E-state index in [1.165, 1.54) is 0 Å². The highest BCUT2D eigenvalue weighted by Gasteiger charge is 2.06. The van der Waals surface area contributed by atoms with Crippen LogP contribution in [-0.2, 0) is 16.1 Å². The van der Waals surface area contributed by atoms with Gasteiger partial charge in [-0.15, -0.1) is 0 Å². The molecule has 0 unspecified atom stereocenters. The number of rotatable bonds is 5. The first-order valence-corrected chi connectivity index (χ1v) is 5.98. The van der Waals surface area contributed by atoms with Crippen molar-refractivity contribution >= 4 is 28.9 Å². The predicted octanol–water partition coefficient (Wildman–Crippen LogP) is 2.67. The van der Waals surface area contributed by atoms with E-state index >= 15 is 0 Å². The van der Waals surface area contributed by atoms with E-state index in [2.05, 4.69) is 5.32 Å². The van der Waals surface area contributed by atoms with Crippen LogP contribution in [0.2, 0.25) is 5.02 Å². The van der Waals surface area contributed by atoms with Crippen LogP contribution in [0.15, 0.2) is 41.0 Å². The molecule has 2 rings (SSSR count). The zero-order valence-electron chi connectivity index (χ0n) is 10.1. The average Bonchev–Trinajstić information content (AvgIpc) is 2.87. The third-order valence-electron chi connectivity index (χ3n) is 2.35. The van der Waals surface area contributed by atoms with Crippen LogP contribution in [0.4, 0.5) is 11.4 Å². The minimum atomic E-state index is -0.305. The molecule has 5 nitrogen and oxygen atoms in total. The summed E-state index contributed by atoms with van der Waals surface area (Å²) in [5.41, 5.74) is 6.63. The van der Waals surface area contributed by atoms with Crippen LogP contribution in [-0.4, -0.2) is 12.5 Å². The second-order valence-electron chi connectivity index (χ2n) is 3.85. The van der Waals surface area contributed by atoms with E-state index in [9.17, 15) is 4.79 Å². The molecule has 0 aliphatic carbocycles. The molecule has 1 aromatic carbocycles. The van der Waals surface area contributed by atoms with Gasteiger partial charge in [0.2, 0.25) is 5.91 Å². The van der Waals surface area contributed by atoms with Gasteiger partial charge in [-0.3, -0.25) is 4.79 Å². The van der Waals surface area contributed by atoms with Gasteiger partial charge < -0.3 is 20.2 Å². The second kappa shape index (κ2) is 6.26. The highest BCUT2D eigenvalue weighted by molar-refractivity contribution is 6.31. The summed E-state index contributed by atoms with van der Waals surface area (Å²) in [5, 5.41) is 3.13. The summed E-state index contributed by atoms with van der Waals surface area (Å²) < 4.78 is 10.3. The molecule has 100 valence electrons. The quantitative estimate of drug-likeness (QED) is 0.826. The average molecular weight is 281 g/mol. The van der Waals surface area contributed by atoms with Crippen molar-refractivity contribution in [2.75, 3.05) is 17.7 Å². The minimum absolute atomic E-state index is 0.0906. The Balaban J connectivity index is 1.82. The number of amides is 1. The van der Waals surface area contributed by atoms with Gasteiger partial charge in [0.05, 0.1) is 17.6 Å². The van der Waals surface area contributed by atoms with E-state index in [0.29, 0.717) is 22.2 Å². The Morgan fingerprint density at radius 2 is 2.26 bits per heavy atom. The molecule has 0 fully saturated rings. The Labute approximate surface area is 115 Å². The molecule has 0 saturated carbocycles. The van der Waals surface area contributed by atoms with Crippen molar-refractivity contribution < 1.29 is 13.9 Å². The molecule has 0 aliphatic rings. The van der Waals surface area contributed by atoms with Crippen LogP contribution >= 0.6 is 11.6 Å². The van der Waals surface area contributed by atoms with Gasteiger partial charge in [0.15, 0.2) is 0 Å². The number of nitrogens with one attached hydrogen (secondary N) is 1. The van der Waals surface area contributed by atoms with Crippen LogP contribution in [0.1, 0.15) is 5.76 Å². The fraction of sp³-hybridized carbons (Fsp3) is 0.154. The highest BCUT2D eigenvalue weighted by atomic mass is 35.5. The standard InChI is InChI=1S/C13H13ClN2O3/c14-9-3-4-11(15)12(6-9)16-13(17)8-18-7-10-2-1-5-19-10/h1-6H,7-8,15H2,(H,16,17). The Bertz CT molecular complexity index is 555. The fourth-order valence-corrected chi connectivity index (χ4v) is 1.63. The van der Waals surface area contributed by atoms with Crippen molar-refractivity contribution in [3.63, 3.8) is 0 Å². The molecule has 0 radical (unpaired) electrons. The molecule has 0 spiro atoms. The third kappa shape index (κ3) is 4.01. The highest BCUT2D eigenvalue weighted by Crippen LogP contribution is 2.22. The first kappa shape index (κ1) is 13.5. The molecule has 1 heterocycles. The summed E-state index contributed by atoms with van der Waals surface area (Å²) in [5.74, 6) is 0.357. The lowest BCUT2D eigenvalue weighted by atomic mass is 10.2. The number of hydrogen-bond acceptors (Lipinski definition) is 4. The van der Waals surface area contributed by atoms with Crippen molar-refractivity contribution in [1.82, 2.24) is 0 Å². The SMILES string of the molecule is Nc1ccc(Cl)cc1NC(=O)COCc1ccco1. The van der Waals surface area contributed by atoms with Gasteiger partial charge in [-0.25, -0.2) is 0 Å². The number of benzene rings is 1.